The molecule has 27 heavy (non-hydrogen) atoms. The Hall–Kier alpha value is -2.33. The molecule has 144 valence electrons. The third-order valence-corrected chi connectivity index (χ3v) is 4.79. The molecule has 0 bridgehead atoms. The summed E-state index contributed by atoms with van der Waals surface area (Å²) in [6.45, 7) is 8.96. The Labute approximate surface area is 162 Å². The Kier molecular flexibility index (Phi) is 6.17. The van der Waals surface area contributed by atoms with Gasteiger partial charge >= 0.3 is 6.09 Å². The third-order valence-electron chi connectivity index (χ3n) is 4.79. The average Bonchev–Trinajstić information content (AvgIpc) is 3.12. The molecule has 2 aromatic carbocycles. The highest BCUT2D eigenvalue weighted by Crippen LogP contribution is 2.22. The number of amides is 1. The number of ether oxygens (including phenoxy) is 1. The fourth-order valence-electron chi connectivity index (χ4n) is 3.48. The maximum atomic E-state index is 12.4. The van der Waals surface area contributed by atoms with Gasteiger partial charge in [0, 0.05) is 32.2 Å². The first-order valence-corrected chi connectivity index (χ1v) is 9.70. The predicted molar refractivity (Wildman–Crippen MR) is 108 cm³/mol. The molecule has 1 aliphatic rings. The van der Waals surface area contributed by atoms with Gasteiger partial charge in [-0.15, -0.1) is 0 Å². The maximum Gasteiger partial charge on any atom is 0.410 e. The van der Waals surface area contributed by atoms with Gasteiger partial charge in [-0.05, 0) is 38.3 Å². The topological polar surface area (TPSA) is 32.8 Å². The Morgan fingerprint density at radius 3 is 2.00 bits per heavy atom. The van der Waals surface area contributed by atoms with Crippen molar-refractivity contribution >= 4 is 6.09 Å². The van der Waals surface area contributed by atoms with Crippen LogP contribution in [0.1, 0.15) is 38.3 Å². The number of likely N-dealkylation sites (tertiary alicyclic amines) is 1. The summed E-state index contributed by atoms with van der Waals surface area (Å²) >= 11 is 0. The summed E-state index contributed by atoms with van der Waals surface area (Å²) in [6, 6.07) is 21.4. The molecule has 1 amide bonds. The zero-order valence-electron chi connectivity index (χ0n) is 16.6. The maximum absolute atomic E-state index is 12.4. The smallest absolute Gasteiger partial charge is 0.410 e. The SMILES string of the molecule is CC(C)(C)OC(=O)N1CC[C@@H](N(Cc2ccccc2)Cc2ccccc2)C1. The normalized spacial score (nSPS) is 17.3. The van der Waals surface area contributed by atoms with Crippen LogP contribution in [-0.2, 0) is 17.8 Å². The second kappa shape index (κ2) is 8.57. The van der Waals surface area contributed by atoms with Crippen molar-refractivity contribution in [1.29, 1.82) is 0 Å². The lowest BCUT2D eigenvalue weighted by Gasteiger charge is -2.30. The molecule has 4 heteroatoms. The van der Waals surface area contributed by atoms with Crippen molar-refractivity contribution in [3.63, 3.8) is 0 Å². The summed E-state index contributed by atoms with van der Waals surface area (Å²) in [5.74, 6) is 0. The van der Waals surface area contributed by atoms with Crippen molar-refractivity contribution in [1.82, 2.24) is 9.80 Å². The summed E-state index contributed by atoms with van der Waals surface area (Å²) in [5.41, 5.74) is 2.14. The molecule has 1 heterocycles. The molecule has 1 saturated heterocycles. The summed E-state index contributed by atoms with van der Waals surface area (Å²) in [5, 5.41) is 0. The number of hydrogen-bond donors (Lipinski definition) is 0. The molecule has 2 aromatic rings. The van der Waals surface area contributed by atoms with E-state index in [0.717, 1.165) is 26.1 Å². The van der Waals surface area contributed by atoms with Gasteiger partial charge in [0.05, 0.1) is 0 Å². The Morgan fingerprint density at radius 2 is 1.52 bits per heavy atom. The fraction of sp³-hybridized carbons (Fsp3) is 0.435. The summed E-state index contributed by atoms with van der Waals surface area (Å²) in [4.78, 5) is 16.8. The highest BCUT2D eigenvalue weighted by Gasteiger charge is 2.32. The highest BCUT2D eigenvalue weighted by molar-refractivity contribution is 5.68. The molecule has 0 aromatic heterocycles. The molecule has 1 aliphatic heterocycles. The average molecular weight is 367 g/mol. The number of carbonyl (C=O) groups excluding carboxylic acids is 1. The van der Waals surface area contributed by atoms with Crippen LogP contribution in [0.3, 0.4) is 0 Å². The largest absolute Gasteiger partial charge is 0.444 e. The number of nitrogens with zero attached hydrogens (tertiary/aromatic N) is 2. The molecule has 4 nitrogen and oxygen atoms in total. The predicted octanol–water partition coefficient (Wildman–Crippen LogP) is 4.70. The molecule has 0 saturated carbocycles. The van der Waals surface area contributed by atoms with E-state index in [1.54, 1.807) is 0 Å². The Morgan fingerprint density at radius 1 is 1.00 bits per heavy atom. The van der Waals surface area contributed by atoms with Crippen LogP contribution in [0.5, 0.6) is 0 Å². The van der Waals surface area contributed by atoms with Crippen LogP contribution in [0.25, 0.3) is 0 Å². The molecule has 1 atom stereocenters. The van der Waals surface area contributed by atoms with Crippen LogP contribution >= 0.6 is 0 Å². The van der Waals surface area contributed by atoms with Crippen LogP contribution in [0, 0.1) is 0 Å². The monoisotopic (exact) mass is 366 g/mol. The van der Waals surface area contributed by atoms with Crippen LogP contribution in [0.15, 0.2) is 60.7 Å². The lowest BCUT2D eigenvalue weighted by atomic mass is 10.1. The van der Waals surface area contributed by atoms with Crippen LogP contribution < -0.4 is 0 Å². The van der Waals surface area contributed by atoms with Gasteiger partial charge in [-0.3, -0.25) is 4.90 Å². The van der Waals surface area contributed by atoms with Gasteiger partial charge in [0.15, 0.2) is 0 Å². The van der Waals surface area contributed by atoms with E-state index in [2.05, 4.69) is 53.4 Å². The number of hydrogen-bond acceptors (Lipinski definition) is 3. The van der Waals surface area contributed by atoms with Gasteiger partial charge in [0.25, 0.3) is 0 Å². The van der Waals surface area contributed by atoms with Gasteiger partial charge < -0.3 is 9.64 Å². The minimum atomic E-state index is -0.455. The van der Waals surface area contributed by atoms with Crippen molar-refractivity contribution in [2.24, 2.45) is 0 Å². The van der Waals surface area contributed by atoms with Gasteiger partial charge in [0.2, 0.25) is 0 Å². The Bertz CT molecular complexity index is 684. The molecule has 0 spiro atoms. The zero-order chi connectivity index (χ0) is 19.3. The van der Waals surface area contributed by atoms with Crippen LogP contribution in [0.4, 0.5) is 4.79 Å². The summed E-state index contributed by atoms with van der Waals surface area (Å²) in [7, 11) is 0. The molecule has 0 N–H and O–H groups in total. The van der Waals surface area contributed by atoms with Crippen molar-refractivity contribution in [2.75, 3.05) is 13.1 Å². The molecule has 0 unspecified atom stereocenters. The molecular formula is C23H30N2O2. The summed E-state index contributed by atoms with van der Waals surface area (Å²) in [6.07, 6.45) is 0.767. The van der Waals surface area contributed by atoms with Gasteiger partial charge in [-0.1, -0.05) is 60.7 Å². The van der Waals surface area contributed by atoms with Crippen LogP contribution in [0.2, 0.25) is 0 Å². The number of benzene rings is 2. The van der Waals surface area contributed by atoms with Crippen LogP contribution in [-0.4, -0.2) is 40.6 Å². The minimum absolute atomic E-state index is 0.204. The van der Waals surface area contributed by atoms with E-state index in [1.165, 1.54) is 11.1 Å². The van der Waals surface area contributed by atoms with E-state index in [9.17, 15) is 4.79 Å². The lowest BCUT2D eigenvalue weighted by molar-refractivity contribution is 0.0277. The second-order valence-corrected chi connectivity index (χ2v) is 8.25. The fourth-order valence-corrected chi connectivity index (χ4v) is 3.48. The highest BCUT2D eigenvalue weighted by atomic mass is 16.6. The van der Waals surface area contributed by atoms with Gasteiger partial charge in [-0.25, -0.2) is 4.79 Å². The standard InChI is InChI=1S/C23H30N2O2/c1-23(2,3)27-22(26)24-15-14-21(18-24)25(16-19-10-6-4-7-11-19)17-20-12-8-5-9-13-20/h4-13,21H,14-18H2,1-3H3/t21-/m1/s1. The first-order chi connectivity index (χ1) is 12.9. The van der Waals surface area contributed by atoms with E-state index in [-0.39, 0.29) is 6.09 Å². The van der Waals surface area contributed by atoms with E-state index < -0.39 is 5.60 Å². The lowest BCUT2D eigenvalue weighted by Crippen LogP contribution is -2.40. The van der Waals surface area contributed by atoms with Crippen molar-refractivity contribution in [3.05, 3.63) is 71.8 Å². The minimum Gasteiger partial charge on any atom is -0.444 e. The van der Waals surface area contributed by atoms with Gasteiger partial charge in [-0.2, -0.15) is 0 Å². The molecule has 1 fully saturated rings. The zero-order valence-corrected chi connectivity index (χ0v) is 16.6. The van der Waals surface area contributed by atoms with E-state index in [0.29, 0.717) is 12.6 Å². The van der Waals surface area contributed by atoms with Crippen molar-refractivity contribution < 1.29 is 9.53 Å². The quantitative estimate of drug-likeness (QED) is 0.769. The van der Waals surface area contributed by atoms with Gasteiger partial charge in [0.1, 0.15) is 5.60 Å². The molecule has 3 rings (SSSR count). The molecular weight excluding hydrogens is 336 g/mol. The second-order valence-electron chi connectivity index (χ2n) is 8.25. The Balaban J connectivity index is 1.70. The number of carbonyl (C=O) groups is 1. The first-order valence-electron chi connectivity index (χ1n) is 9.70. The van der Waals surface area contributed by atoms with E-state index in [4.69, 9.17) is 4.74 Å². The molecule has 0 aliphatic carbocycles. The number of rotatable bonds is 5. The first kappa shape index (κ1) is 19.4. The van der Waals surface area contributed by atoms with E-state index >= 15 is 0 Å². The molecule has 0 radical (unpaired) electrons. The van der Waals surface area contributed by atoms with E-state index in [1.807, 2.05) is 37.8 Å². The van der Waals surface area contributed by atoms with Crippen molar-refractivity contribution in [3.8, 4) is 0 Å². The summed E-state index contributed by atoms with van der Waals surface area (Å²) < 4.78 is 5.55. The third kappa shape index (κ3) is 5.83. The van der Waals surface area contributed by atoms with Crippen molar-refractivity contribution in [2.45, 2.75) is 51.9 Å².